The fourth-order valence-corrected chi connectivity index (χ4v) is 1.96. The third kappa shape index (κ3) is 4.28. The van der Waals surface area contributed by atoms with Crippen molar-refractivity contribution in [3.05, 3.63) is 35.9 Å². The van der Waals surface area contributed by atoms with E-state index in [1.165, 1.54) is 11.9 Å². The molecule has 1 aromatic rings. The van der Waals surface area contributed by atoms with Gasteiger partial charge in [-0.2, -0.15) is 12.6 Å². The first-order valence-electron chi connectivity index (χ1n) is 6.11. The summed E-state index contributed by atoms with van der Waals surface area (Å²) >= 11 is 4.07. The molecule has 0 aliphatic heterocycles. The van der Waals surface area contributed by atoms with Crippen LogP contribution in [0.25, 0.3) is 0 Å². The molecule has 1 aromatic carbocycles. The Morgan fingerprint density at radius 3 is 2.37 bits per heavy atom. The topological polar surface area (TPSA) is 57.6 Å². The summed E-state index contributed by atoms with van der Waals surface area (Å²) in [4.78, 5) is 24.7. The molecule has 19 heavy (non-hydrogen) atoms. The molecule has 5 heteroatoms. The zero-order chi connectivity index (χ0) is 14.4. The van der Waals surface area contributed by atoms with Gasteiger partial charge in [0.25, 0.3) is 0 Å². The van der Waals surface area contributed by atoms with E-state index in [2.05, 4.69) is 12.6 Å². The Morgan fingerprint density at radius 2 is 1.89 bits per heavy atom. The normalized spacial score (nSPS) is 13.6. The molecule has 0 aliphatic carbocycles. The van der Waals surface area contributed by atoms with Gasteiger partial charge in [-0.3, -0.25) is 4.79 Å². The van der Waals surface area contributed by atoms with Crippen molar-refractivity contribution < 1.29 is 14.7 Å². The van der Waals surface area contributed by atoms with Gasteiger partial charge in [-0.15, -0.1) is 0 Å². The maximum Gasteiger partial charge on any atom is 0.326 e. The number of rotatable bonds is 6. The van der Waals surface area contributed by atoms with Crippen molar-refractivity contribution in [2.24, 2.45) is 5.92 Å². The summed E-state index contributed by atoms with van der Waals surface area (Å²) < 4.78 is 0. The molecular formula is C14H19NO3S. The number of carboxylic acid groups (broad SMARTS) is 1. The zero-order valence-corrected chi connectivity index (χ0v) is 12.0. The molecule has 0 spiro atoms. The smallest absolute Gasteiger partial charge is 0.326 e. The Hall–Kier alpha value is -1.49. The van der Waals surface area contributed by atoms with Crippen LogP contribution in [0.15, 0.2) is 30.3 Å². The molecule has 0 heterocycles. The molecule has 0 bridgehead atoms. The second kappa shape index (κ2) is 7.19. The Kier molecular flexibility index (Phi) is 5.89. The van der Waals surface area contributed by atoms with Crippen molar-refractivity contribution in [1.82, 2.24) is 4.90 Å². The third-order valence-corrected chi connectivity index (χ3v) is 3.62. The summed E-state index contributed by atoms with van der Waals surface area (Å²) in [6, 6.07) is 8.44. The van der Waals surface area contributed by atoms with Gasteiger partial charge in [-0.05, 0) is 5.56 Å². The lowest BCUT2D eigenvalue weighted by atomic mass is 10.0. The minimum absolute atomic E-state index is 0.196. The van der Waals surface area contributed by atoms with Crippen molar-refractivity contribution in [2.45, 2.75) is 19.4 Å². The van der Waals surface area contributed by atoms with Crippen LogP contribution >= 0.6 is 12.6 Å². The van der Waals surface area contributed by atoms with E-state index in [1.54, 1.807) is 6.92 Å². The quantitative estimate of drug-likeness (QED) is 0.780. The summed E-state index contributed by atoms with van der Waals surface area (Å²) in [6.45, 7) is 1.74. The van der Waals surface area contributed by atoms with E-state index in [9.17, 15) is 14.7 Å². The summed E-state index contributed by atoms with van der Waals surface area (Å²) in [5.41, 5.74) is 0.896. The Bertz CT molecular complexity index is 436. The van der Waals surface area contributed by atoms with Crippen molar-refractivity contribution in [2.75, 3.05) is 12.8 Å². The largest absolute Gasteiger partial charge is 0.480 e. The molecule has 4 nitrogen and oxygen atoms in total. The van der Waals surface area contributed by atoms with E-state index in [0.717, 1.165) is 5.56 Å². The maximum atomic E-state index is 12.0. The molecule has 1 N–H and O–H groups in total. The van der Waals surface area contributed by atoms with Crippen LogP contribution in [-0.2, 0) is 16.0 Å². The van der Waals surface area contributed by atoms with Gasteiger partial charge >= 0.3 is 5.97 Å². The predicted octanol–water partition coefficient (Wildman–Crippen LogP) is 1.71. The number of carbonyl (C=O) groups is 2. The lowest BCUT2D eigenvalue weighted by Crippen LogP contribution is -2.46. The van der Waals surface area contributed by atoms with Crippen LogP contribution in [-0.4, -0.2) is 40.7 Å². The number of hydrogen-bond donors (Lipinski definition) is 2. The molecule has 0 aliphatic rings. The number of likely N-dealkylation sites (N-methyl/N-ethyl adjacent to an activating group) is 1. The lowest BCUT2D eigenvalue weighted by molar-refractivity contribution is -0.150. The van der Waals surface area contributed by atoms with E-state index in [0.29, 0.717) is 12.2 Å². The molecule has 1 amide bonds. The fraction of sp³-hybridized carbons (Fsp3) is 0.429. The standard InChI is InChI=1S/C14H19NO3S/c1-10(9-19)13(16)15(2)12(14(17)18)8-11-6-4-3-5-7-11/h3-7,10,12,19H,8-9H2,1-2H3,(H,17,18)/t10?,12-/m0/s1. The van der Waals surface area contributed by atoms with Gasteiger partial charge in [0.15, 0.2) is 0 Å². The summed E-state index contributed by atoms with van der Waals surface area (Å²) in [5, 5.41) is 9.30. The van der Waals surface area contributed by atoms with Crippen LogP contribution in [0, 0.1) is 5.92 Å². The second-order valence-electron chi connectivity index (χ2n) is 4.58. The number of aliphatic carboxylic acids is 1. The number of thiol groups is 1. The highest BCUT2D eigenvalue weighted by Crippen LogP contribution is 2.12. The highest BCUT2D eigenvalue weighted by molar-refractivity contribution is 7.80. The van der Waals surface area contributed by atoms with E-state index in [4.69, 9.17) is 0 Å². The van der Waals surface area contributed by atoms with Gasteiger partial charge in [0.2, 0.25) is 5.91 Å². The van der Waals surface area contributed by atoms with Crippen LogP contribution in [0.4, 0.5) is 0 Å². The first-order chi connectivity index (χ1) is 8.97. The molecule has 2 atom stereocenters. The molecule has 1 rings (SSSR count). The average molecular weight is 281 g/mol. The molecule has 0 fully saturated rings. The molecule has 1 unspecified atom stereocenters. The van der Waals surface area contributed by atoms with Gasteiger partial charge in [-0.1, -0.05) is 37.3 Å². The molecule has 0 saturated heterocycles. The van der Waals surface area contributed by atoms with Crippen molar-refractivity contribution >= 4 is 24.5 Å². The Balaban J connectivity index is 2.83. The summed E-state index contributed by atoms with van der Waals surface area (Å²) in [5.74, 6) is -1.07. The minimum atomic E-state index is -0.994. The first kappa shape index (κ1) is 15.6. The molecular weight excluding hydrogens is 262 g/mol. The minimum Gasteiger partial charge on any atom is -0.480 e. The monoisotopic (exact) mass is 281 g/mol. The third-order valence-electron chi connectivity index (χ3n) is 3.07. The second-order valence-corrected chi connectivity index (χ2v) is 4.94. The molecule has 0 aromatic heterocycles. The van der Waals surface area contributed by atoms with Crippen molar-refractivity contribution in [3.63, 3.8) is 0 Å². The van der Waals surface area contributed by atoms with Crippen LogP contribution < -0.4 is 0 Å². The summed E-state index contributed by atoms with van der Waals surface area (Å²) in [7, 11) is 1.53. The highest BCUT2D eigenvalue weighted by Gasteiger charge is 2.28. The fourth-order valence-electron chi connectivity index (χ4n) is 1.81. The summed E-state index contributed by atoms with van der Waals surface area (Å²) in [6.07, 6.45) is 0.303. The van der Waals surface area contributed by atoms with Gasteiger partial charge < -0.3 is 10.0 Å². The number of carbonyl (C=O) groups excluding carboxylic acids is 1. The zero-order valence-electron chi connectivity index (χ0n) is 11.1. The number of hydrogen-bond acceptors (Lipinski definition) is 3. The molecule has 104 valence electrons. The van der Waals surface area contributed by atoms with Crippen LogP contribution in [0.2, 0.25) is 0 Å². The average Bonchev–Trinajstić information content (AvgIpc) is 2.43. The highest BCUT2D eigenvalue weighted by atomic mass is 32.1. The van der Waals surface area contributed by atoms with Gasteiger partial charge in [0, 0.05) is 25.1 Å². The lowest BCUT2D eigenvalue weighted by Gasteiger charge is -2.27. The van der Waals surface area contributed by atoms with E-state index < -0.39 is 12.0 Å². The van der Waals surface area contributed by atoms with Crippen molar-refractivity contribution in [3.8, 4) is 0 Å². The van der Waals surface area contributed by atoms with Crippen LogP contribution in [0.3, 0.4) is 0 Å². The number of benzene rings is 1. The number of amides is 1. The van der Waals surface area contributed by atoms with Gasteiger partial charge in [0.1, 0.15) is 6.04 Å². The Morgan fingerprint density at radius 1 is 1.32 bits per heavy atom. The first-order valence-corrected chi connectivity index (χ1v) is 6.74. The number of nitrogens with zero attached hydrogens (tertiary/aromatic N) is 1. The van der Waals surface area contributed by atoms with Gasteiger partial charge in [0.05, 0.1) is 0 Å². The van der Waals surface area contributed by atoms with E-state index >= 15 is 0 Å². The Labute approximate surface area is 118 Å². The van der Waals surface area contributed by atoms with E-state index in [-0.39, 0.29) is 11.8 Å². The van der Waals surface area contributed by atoms with Crippen LogP contribution in [0.5, 0.6) is 0 Å². The maximum absolute atomic E-state index is 12.0. The van der Waals surface area contributed by atoms with E-state index in [1.807, 2.05) is 30.3 Å². The molecule has 0 radical (unpaired) electrons. The number of carboxylic acids is 1. The molecule has 0 saturated carbocycles. The van der Waals surface area contributed by atoms with Crippen LogP contribution in [0.1, 0.15) is 12.5 Å². The van der Waals surface area contributed by atoms with Gasteiger partial charge in [-0.25, -0.2) is 4.79 Å². The predicted molar refractivity (Wildman–Crippen MR) is 77.4 cm³/mol. The SMILES string of the molecule is CC(CS)C(=O)N(C)[C@@H](Cc1ccccc1)C(=O)O. The van der Waals surface area contributed by atoms with Crippen molar-refractivity contribution in [1.29, 1.82) is 0 Å².